The average Bonchev–Trinajstić information content (AvgIpc) is 2.71. The van der Waals surface area contributed by atoms with Crippen LogP contribution in [0.2, 0.25) is 0 Å². The lowest BCUT2D eigenvalue weighted by atomic mass is 9.68. The first-order valence-corrected chi connectivity index (χ1v) is 10.8. The molecule has 1 aromatic rings. The maximum atomic E-state index is 13.4. The highest BCUT2D eigenvalue weighted by atomic mass is 79.9. The van der Waals surface area contributed by atoms with Gasteiger partial charge in [-0.25, -0.2) is 0 Å². The van der Waals surface area contributed by atoms with E-state index < -0.39 is 5.92 Å². The number of Topliss-reactive ketones (excluding diaryl/α,β-unsaturated/α-hetero) is 1. The van der Waals surface area contributed by atoms with Crippen molar-refractivity contribution in [2.75, 3.05) is 34.5 Å². The van der Waals surface area contributed by atoms with Gasteiger partial charge in [0.15, 0.2) is 17.3 Å². The van der Waals surface area contributed by atoms with Gasteiger partial charge in [-0.15, -0.1) is 0 Å². The highest BCUT2D eigenvalue weighted by molar-refractivity contribution is 9.10. The van der Waals surface area contributed by atoms with Gasteiger partial charge in [-0.3, -0.25) is 4.79 Å². The van der Waals surface area contributed by atoms with Crippen LogP contribution in [0.25, 0.3) is 0 Å². The number of carbonyl (C=O) groups excluding carboxylic acids is 1. The second kappa shape index (κ2) is 8.93. The monoisotopic (exact) mass is 489 g/mol. The molecule has 8 heteroatoms. The molecule has 0 unspecified atom stereocenters. The highest BCUT2D eigenvalue weighted by Crippen LogP contribution is 2.50. The summed E-state index contributed by atoms with van der Waals surface area (Å²) in [4.78, 5) is 15.3. The Hall–Kier alpha value is -2.50. The number of ketones is 1. The minimum Gasteiger partial charge on any atom is -0.493 e. The Morgan fingerprint density at radius 1 is 1.26 bits per heavy atom. The molecule has 0 spiro atoms. The van der Waals surface area contributed by atoms with Gasteiger partial charge in [0.1, 0.15) is 5.82 Å². The third-order valence-electron chi connectivity index (χ3n) is 5.80. The molecule has 0 fully saturated rings. The van der Waals surface area contributed by atoms with Crippen molar-refractivity contribution in [2.24, 2.45) is 11.1 Å². The van der Waals surface area contributed by atoms with Gasteiger partial charge in [0.05, 0.1) is 42.9 Å². The van der Waals surface area contributed by atoms with Gasteiger partial charge in [-0.1, -0.05) is 13.8 Å². The maximum Gasteiger partial charge on any atom is 0.174 e. The third-order valence-corrected chi connectivity index (χ3v) is 6.38. The van der Waals surface area contributed by atoms with Gasteiger partial charge in [0, 0.05) is 31.3 Å². The number of carbonyl (C=O) groups is 1. The molecule has 0 bridgehead atoms. The smallest absolute Gasteiger partial charge is 0.174 e. The average molecular weight is 490 g/mol. The van der Waals surface area contributed by atoms with Crippen molar-refractivity contribution in [1.29, 1.82) is 5.26 Å². The summed E-state index contributed by atoms with van der Waals surface area (Å²) in [5.74, 6) is 0.878. The number of hydrogen-bond donors (Lipinski definition) is 1. The Morgan fingerprint density at radius 3 is 2.55 bits per heavy atom. The van der Waals surface area contributed by atoms with Gasteiger partial charge >= 0.3 is 0 Å². The summed E-state index contributed by atoms with van der Waals surface area (Å²) >= 11 is 3.53. The number of benzene rings is 1. The maximum absolute atomic E-state index is 13.4. The van der Waals surface area contributed by atoms with Crippen LogP contribution in [0.3, 0.4) is 0 Å². The molecule has 31 heavy (non-hydrogen) atoms. The quantitative estimate of drug-likeness (QED) is 0.647. The largest absolute Gasteiger partial charge is 0.493 e. The van der Waals surface area contributed by atoms with Gasteiger partial charge < -0.3 is 24.8 Å². The van der Waals surface area contributed by atoms with Gasteiger partial charge in [-0.2, -0.15) is 5.26 Å². The molecule has 0 aromatic heterocycles. The molecule has 2 aliphatic rings. The molecule has 1 heterocycles. The fraction of sp³-hybridized carbons (Fsp3) is 0.478. The predicted molar refractivity (Wildman–Crippen MR) is 120 cm³/mol. The van der Waals surface area contributed by atoms with Crippen LogP contribution in [-0.2, 0) is 9.53 Å². The number of nitrogens with zero attached hydrogens (tertiary/aromatic N) is 2. The molecule has 166 valence electrons. The van der Waals surface area contributed by atoms with Crippen LogP contribution in [0.4, 0.5) is 0 Å². The first kappa shape index (κ1) is 23.2. The van der Waals surface area contributed by atoms with Crippen LogP contribution >= 0.6 is 15.9 Å². The summed E-state index contributed by atoms with van der Waals surface area (Å²) < 4.78 is 16.9. The fourth-order valence-corrected chi connectivity index (χ4v) is 5.07. The second-order valence-corrected chi connectivity index (χ2v) is 9.38. The Labute approximate surface area is 191 Å². The standard InChI is InChI=1S/C23H28BrN3O4/c1-23(2)10-16-20(17(28)11-23)19(14(12-25)22(26)27(16)6-7-29-3)13-8-15(24)21(31-5)18(9-13)30-4/h8-9,19H,6-7,10-11,26H2,1-5H3/t19-/m0/s1. The van der Waals surface area contributed by atoms with Crippen LogP contribution in [-0.4, -0.2) is 45.2 Å². The van der Waals surface area contributed by atoms with E-state index in [0.717, 1.165) is 11.3 Å². The molecule has 1 aliphatic carbocycles. The van der Waals surface area contributed by atoms with E-state index in [1.807, 2.05) is 11.0 Å². The van der Waals surface area contributed by atoms with Crippen LogP contribution in [0.5, 0.6) is 11.5 Å². The molecule has 1 atom stereocenters. The van der Waals surface area contributed by atoms with E-state index in [-0.39, 0.29) is 11.2 Å². The number of nitrogens with two attached hydrogens (primary N) is 1. The van der Waals surface area contributed by atoms with Gasteiger partial charge in [-0.05, 0) is 45.5 Å². The zero-order valence-electron chi connectivity index (χ0n) is 18.5. The Kier molecular flexibility index (Phi) is 6.68. The van der Waals surface area contributed by atoms with Crippen LogP contribution in [0.15, 0.2) is 39.3 Å². The highest BCUT2D eigenvalue weighted by Gasteiger charge is 2.44. The summed E-state index contributed by atoms with van der Waals surface area (Å²) in [7, 11) is 4.72. The fourth-order valence-electron chi connectivity index (χ4n) is 4.45. The van der Waals surface area contributed by atoms with E-state index in [0.29, 0.717) is 58.9 Å². The molecule has 3 rings (SSSR count). The van der Waals surface area contributed by atoms with Crippen molar-refractivity contribution in [1.82, 2.24) is 4.90 Å². The zero-order chi connectivity index (χ0) is 22.9. The summed E-state index contributed by atoms with van der Waals surface area (Å²) in [5, 5.41) is 10.1. The van der Waals surface area contributed by atoms with Crippen molar-refractivity contribution in [3.05, 3.63) is 44.8 Å². The van der Waals surface area contributed by atoms with Crippen molar-refractivity contribution in [2.45, 2.75) is 32.6 Å². The lowest BCUT2D eigenvalue weighted by Gasteiger charge is -2.43. The minimum atomic E-state index is -0.571. The first-order chi connectivity index (χ1) is 14.7. The van der Waals surface area contributed by atoms with E-state index in [1.54, 1.807) is 27.4 Å². The number of halogens is 1. The molecule has 0 amide bonds. The molecule has 0 saturated carbocycles. The number of hydrogen-bond acceptors (Lipinski definition) is 7. The van der Waals surface area contributed by atoms with E-state index in [2.05, 4.69) is 35.8 Å². The van der Waals surface area contributed by atoms with E-state index in [4.69, 9.17) is 19.9 Å². The number of rotatable bonds is 6. The normalized spacial score (nSPS) is 20.5. The molecule has 0 radical (unpaired) electrons. The number of methoxy groups -OCH3 is 3. The van der Waals surface area contributed by atoms with Crippen LogP contribution in [0.1, 0.15) is 38.2 Å². The van der Waals surface area contributed by atoms with Crippen LogP contribution in [0, 0.1) is 16.7 Å². The van der Waals surface area contributed by atoms with Gasteiger partial charge in [0.2, 0.25) is 0 Å². The Morgan fingerprint density at radius 2 is 1.97 bits per heavy atom. The minimum absolute atomic E-state index is 0.0322. The second-order valence-electron chi connectivity index (χ2n) is 8.53. The van der Waals surface area contributed by atoms with Gasteiger partial charge in [0.25, 0.3) is 0 Å². The molecule has 2 N–H and O–H groups in total. The summed E-state index contributed by atoms with van der Waals surface area (Å²) in [5.41, 5.74) is 8.91. The molecule has 1 aromatic carbocycles. The van der Waals surface area contributed by atoms with Crippen molar-refractivity contribution in [3.63, 3.8) is 0 Å². The topological polar surface area (TPSA) is 97.8 Å². The van der Waals surface area contributed by atoms with Crippen molar-refractivity contribution < 1.29 is 19.0 Å². The zero-order valence-corrected chi connectivity index (χ0v) is 20.1. The number of allylic oxidation sites excluding steroid dienone is 3. The van der Waals surface area contributed by atoms with E-state index >= 15 is 0 Å². The molecule has 1 aliphatic heterocycles. The summed E-state index contributed by atoms with van der Waals surface area (Å²) in [6, 6.07) is 5.93. The number of ether oxygens (including phenoxy) is 3. The first-order valence-electron chi connectivity index (χ1n) is 10.0. The summed E-state index contributed by atoms with van der Waals surface area (Å²) in [6.45, 7) is 5.05. The Bertz CT molecular complexity index is 1010. The lowest BCUT2D eigenvalue weighted by molar-refractivity contribution is -0.118. The predicted octanol–water partition coefficient (Wildman–Crippen LogP) is 3.85. The molecule has 7 nitrogen and oxygen atoms in total. The van der Waals surface area contributed by atoms with E-state index in [1.165, 1.54) is 0 Å². The third kappa shape index (κ3) is 4.17. The van der Waals surface area contributed by atoms with Crippen LogP contribution < -0.4 is 15.2 Å². The van der Waals surface area contributed by atoms with Crippen molar-refractivity contribution >= 4 is 21.7 Å². The molecular formula is C23H28BrN3O4. The lowest BCUT2D eigenvalue weighted by Crippen LogP contribution is -2.43. The SMILES string of the molecule is COCCN1C(N)=C(C#N)[C@H](c2cc(Br)c(OC)c(OC)c2)C2=C1CC(C)(C)CC2=O. The number of nitriles is 1. The molecule has 0 saturated heterocycles. The van der Waals surface area contributed by atoms with Crippen molar-refractivity contribution in [3.8, 4) is 17.6 Å². The molecular weight excluding hydrogens is 462 g/mol. The Balaban J connectivity index is 2.27. The van der Waals surface area contributed by atoms with E-state index in [9.17, 15) is 10.1 Å². The summed E-state index contributed by atoms with van der Waals surface area (Å²) in [6.07, 6.45) is 1.09.